The summed E-state index contributed by atoms with van der Waals surface area (Å²) in [7, 11) is 1.60. The lowest BCUT2D eigenvalue weighted by Crippen LogP contribution is -2.06. The molecule has 0 aliphatic heterocycles. The summed E-state index contributed by atoms with van der Waals surface area (Å²) in [6.07, 6.45) is 0. The fourth-order valence-electron chi connectivity index (χ4n) is 2.14. The molecule has 128 valence electrons. The van der Waals surface area contributed by atoms with Crippen LogP contribution in [0.5, 0.6) is 5.75 Å². The normalized spacial score (nSPS) is 10.5. The zero-order chi connectivity index (χ0) is 17.8. The molecule has 0 radical (unpaired) electrons. The first kappa shape index (κ1) is 17.3. The molecule has 0 aliphatic rings. The quantitative estimate of drug-likeness (QED) is 0.584. The number of carbonyl (C=O) groups excluding carboxylic acids is 1. The van der Waals surface area contributed by atoms with Gasteiger partial charge in [0, 0.05) is 16.7 Å². The molecule has 7 heteroatoms. The minimum absolute atomic E-state index is 0.0303. The summed E-state index contributed by atoms with van der Waals surface area (Å²) in [5.74, 6) is 0.756. The molecule has 0 N–H and O–H groups in total. The van der Waals surface area contributed by atoms with E-state index in [1.165, 1.54) is 12.1 Å². The lowest BCUT2D eigenvalue weighted by molar-refractivity contribution is 0.0464. The van der Waals surface area contributed by atoms with Crippen molar-refractivity contribution in [2.24, 2.45) is 0 Å². The Morgan fingerprint density at radius 2 is 1.88 bits per heavy atom. The van der Waals surface area contributed by atoms with Crippen LogP contribution in [-0.4, -0.2) is 18.2 Å². The fraction of sp³-hybridized carbons (Fsp3) is 0.111. The number of hydrogen-bond acceptors (Lipinski definition) is 5. The zero-order valence-corrected chi connectivity index (χ0v) is 14.7. The third-order valence-electron chi connectivity index (χ3n) is 3.44. The van der Waals surface area contributed by atoms with Gasteiger partial charge in [-0.15, -0.1) is 0 Å². The zero-order valence-electron chi connectivity index (χ0n) is 13.2. The molecule has 1 aromatic heterocycles. The van der Waals surface area contributed by atoms with Gasteiger partial charge in [-0.3, -0.25) is 0 Å². The first-order valence-corrected chi connectivity index (χ1v) is 8.04. The molecule has 0 atom stereocenters. The van der Waals surface area contributed by atoms with E-state index in [2.05, 4.69) is 5.16 Å². The summed E-state index contributed by atoms with van der Waals surface area (Å²) in [5.41, 5.74) is 1.57. The molecule has 1 heterocycles. The van der Waals surface area contributed by atoms with Crippen molar-refractivity contribution in [3.63, 3.8) is 0 Å². The van der Waals surface area contributed by atoms with E-state index in [9.17, 15) is 4.79 Å². The summed E-state index contributed by atoms with van der Waals surface area (Å²) in [6, 6.07) is 13.6. The van der Waals surface area contributed by atoms with Crippen molar-refractivity contribution >= 4 is 29.2 Å². The largest absolute Gasteiger partial charge is 0.497 e. The average molecular weight is 378 g/mol. The van der Waals surface area contributed by atoms with Crippen LogP contribution in [0.15, 0.2) is 53.1 Å². The molecule has 0 spiro atoms. The number of hydrogen-bond donors (Lipinski definition) is 0. The molecule has 0 saturated carbocycles. The highest BCUT2D eigenvalue weighted by molar-refractivity contribution is 6.36. The van der Waals surface area contributed by atoms with E-state index in [4.69, 9.17) is 37.2 Å². The Morgan fingerprint density at radius 1 is 1.12 bits per heavy atom. The Labute approximate surface area is 154 Å². The van der Waals surface area contributed by atoms with E-state index < -0.39 is 5.97 Å². The van der Waals surface area contributed by atoms with Crippen molar-refractivity contribution in [1.82, 2.24) is 5.16 Å². The number of esters is 1. The minimum atomic E-state index is -0.560. The molecule has 2 aromatic carbocycles. The van der Waals surface area contributed by atoms with E-state index in [0.717, 1.165) is 11.3 Å². The van der Waals surface area contributed by atoms with Crippen molar-refractivity contribution in [3.05, 3.63) is 69.8 Å². The van der Waals surface area contributed by atoms with Crippen molar-refractivity contribution in [2.45, 2.75) is 6.61 Å². The Bertz CT molecular complexity index is 890. The number of nitrogens with zero attached hydrogens (tertiary/aromatic N) is 1. The summed E-state index contributed by atoms with van der Waals surface area (Å²) in [6.45, 7) is -0.0303. The molecule has 0 amide bonds. The van der Waals surface area contributed by atoms with Crippen molar-refractivity contribution < 1.29 is 18.8 Å². The van der Waals surface area contributed by atoms with Crippen molar-refractivity contribution in [1.29, 1.82) is 0 Å². The summed E-state index contributed by atoms with van der Waals surface area (Å²) in [5, 5.41) is 4.58. The predicted molar refractivity (Wildman–Crippen MR) is 94.1 cm³/mol. The van der Waals surface area contributed by atoms with E-state index in [0.29, 0.717) is 16.5 Å². The molecule has 0 fully saturated rings. The number of benzene rings is 2. The van der Waals surface area contributed by atoms with Crippen LogP contribution in [0.2, 0.25) is 10.0 Å². The maximum absolute atomic E-state index is 12.1. The van der Waals surface area contributed by atoms with Gasteiger partial charge in [-0.2, -0.15) is 0 Å². The Kier molecular flexibility index (Phi) is 5.26. The standard InChI is InChI=1S/C18H13Cl2NO4/c1-23-14-5-2-11(3-6-14)17-9-13(21-25-17)10-24-18(22)15-7-4-12(19)8-16(15)20/h2-9H,10H2,1H3. The molecule has 0 aliphatic carbocycles. The summed E-state index contributed by atoms with van der Waals surface area (Å²) in [4.78, 5) is 12.1. The Balaban J connectivity index is 1.66. The molecule has 0 saturated heterocycles. The monoisotopic (exact) mass is 377 g/mol. The molecular weight excluding hydrogens is 365 g/mol. The van der Waals surface area contributed by atoms with Crippen LogP contribution in [0.3, 0.4) is 0 Å². The van der Waals surface area contributed by atoms with Gasteiger partial charge in [0.2, 0.25) is 0 Å². The van der Waals surface area contributed by atoms with Crippen LogP contribution >= 0.6 is 23.2 Å². The molecule has 3 rings (SSSR count). The van der Waals surface area contributed by atoms with Crippen molar-refractivity contribution in [2.75, 3.05) is 7.11 Å². The van der Waals surface area contributed by atoms with Crippen LogP contribution in [0.1, 0.15) is 16.1 Å². The second kappa shape index (κ2) is 7.59. The van der Waals surface area contributed by atoms with Crippen LogP contribution < -0.4 is 4.74 Å². The fourth-order valence-corrected chi connectivity index (χ4v) is 2.63. The lowest BCUT2D eigenvalue weighted by Gasteiger charge is -2.04. The SMILES string of the molecule is COc1ccc(-c2cc(COC(=O)c3ccc(Cl)cc3Cl)no2)cc1. The number of carbonyl (C=O) groups is 1. The molecule has 3 aromatic rings. The third kappa shape index (κ3) is 4.13. The van der Waals surface area contributed by atoms with Gasteiger partial charge in [-0.05, 0) is 42.5 Å². The number of ether oxygens (including phenoxy) is 2. The topological polar surface area (TPSA) is 61.6 Å². The smallest absolute Gasteiger partial charge is 0.340 e. The van der Waals surface area contributed by atoms with E-state index in [1.54, 1.807) is 19.2 Å². The van der Waals surface area contributed by atoms with Crippen LogP contribution in [-0.2, 0) is 11.3 Å². The molecule has 0 bridgehead atoms. The van der Waals surface area contributed by atoms with Gasteiger partial charge < -0.3 is 14.0 Å². The second-order valence-electron chi connectivity index (χ2n) is 5.11. The molecule has 5 nitrogen and oxygen atoms in total. The number of rotatable bonds is 5. The van der Waals surface area contributed by atoms with Gasteiger partial charge in [0.25, 0.3) is 0 Å². The number of aromatic nitrogens is 1. The maximum Gasteiger partial charge on any atom is 0.340 e. The van der Waals surface area contributed by atoms with Gasteiger partial charge in [0.15, 0.2) is 5.76 Å². The van der Waals surface area contributed by atoms with Crippen LogP contribution in [0, 0.1) is 0 Å². The average Bonchev–Trinajstić information content (AvgIpc) is 3.09. The summed E-state index contributed by atoms with van der Waals surface area (Å²) < 4.78 is 15.6. The maximum atomic E-state index is 12.1. The molecule has 0 unspecified atom stereocenters. The Hall–Kier alpha value is -2.50. The summed E-state index contributed by atoms with van der Waals surface area (Å²) >= 11 is 11.8. The van der Waals surface area contributed by atoms with Crippen LogP contribution in [0.4, 0.5) is 0 Å². The Morgan fingerprint density at radius 3 is 2.56 bits per heavy atom. The second-order valence-corrected chi connectivity index (χ2v) is 5.95. The number of halogens is 2. The third-order valence-corrected chi connectivity index (χ3v) is 3.98. The van der Waals surface area contributed by atoms with Gasteiger partial charge in [0.1, 0.15) is 18.1 Å². The lowest BCUT2D eigenvalue weighted by atomic mass is 10.1. The number of methoxy groups -OCH3 is 1. The first-order valence-electron chi connectivity index (χ1n) is 7.29. The first-order chi connectivity index (χ1) is 12.1. The van der Waals surface area contributed by atoms with Crippen LogP contribution in [0.25, 0.3) is 11.3 Å². The van der Waals surface area contributed by atoms with Gasteiger partial charge >= 0.3 is 5.97 Å². The highest BCUT2D eigenvalue weighted by Gasteiger charge is 2.14. The predicted octanol–water partition coefficient (Wildman–Crippen LogP) is 5.01. The van der Waals surface area contributed by atoms with Crippen molar-refractivity contribution in [3.8, 4) is 17.1 Å². The van der Waals surface area contributed by atoms with E-state index >= 15 is 0 Å². The van der Waals surface area contributed by atoms with E-state index in [-0.39, 0.29) is 17.2 Å². The molecule has 25 heavy (non-hydrogen) atoms. The minimum Gasteiger partial charge on any atom is -0.497 e. The van der Waals surface area contributed by atoms with Gasteiger partial charge in [-0.1, -0.05) is 28.4 Å². The molecular formula is C18H13Cl2NO4. The van der Waals surface area contributed by atoms with E-state index in [1.807, 2.05) is 24.3 Å². The highest BCUT2D eigenvalue weighted by Crippen LogP contribution is 2.24. The van der Waals surface area contributed by atoms with Gasteiger partial charge in [-0.25, -0.2) is 4.79 Å². The van der Waals surface area contributed by atoms with Gasteiger partial charge in [0.05, 0.1) is 17.7 Å². The highest BCUT2D eigenvalue weighted by atomic mass is 35.5.